The molecule has 0 saturated heterocycles. The number of aromatic amines is 1. The zero-order valence-electron chi connectivity index (χ0n) is 14.1. The second-order valence-corrected chi connectivity index (χ2v) is 6.78. The molecule has 0 spiro atoms. The number of rotatable bonds is 3. The highest BCUT2D eigenvalue weighted by Gasteiger charge is 2.17. The monoisotopic (exact) mass is 359 g/mol. The fourth-order valence-electron chi connectivity index (χ4n) is 3.24. The zero-order chi connectivity index (χ0) is 17.9. The molecule has 0 unspecified atom stereocenters. The molecular formula is C20H17N5S. The van der Waals surface area contributed by atoms with E-state index < -0.39 is 0 Å². The molecule has 1 N–H and O–H groups in total. The van der Waals surface area contributed by atoms with Gasteiger partial charge < -0.3 is 4.98 Å². The van der Waals surface area contributed by atoms with E-state index >= 15 is 0 Å². The highest BCUT2D eigenvalue weighted by Crippen LogP contribution is 2.21. The number of nitrogens with zero attached hydrogens (tertiary/aromatic N) is 4. The van der Waals surface area contributed by atoms with Crippen LogP contribution in [0.15, 0.2) is 48.8 Å². The van der Waals surface area contributed by atoms with Crippen molar-refractivity contribution in [3.8, 4) is 17.3 Å². The molecule has 0 bridgehead atoms. The summed E-state index contributed by atoms with van der Waals surface area (Å²) in [5.74, 6) is 0. The van der Waals surface area contributed by atoms with Crippen LogP contribution in [0.5, 0.6) is 0 Å². The number of aromatic nitrogens is 3. The largest absolute Gasteiger partial charge is 0.334 e. The predicted octanol–water partition coefficient (Wildman–Crippen LogP) is 3.63. The minimum Gasteiger partial charge on any atom is -0.334 e. The Balaban J connectivity index is 1.47. The van der Waals surface area contributed by atoms with Crippen LogP contribution in [0.4, 0.5) is 0 Å². The van der Waals surface area contributed by atoms with Gasteiger partial charge in [-0.05, 0) is 36.0 Å². The second-order valence-electron chi connectivity index (χ2n) is 6.40. The first-order chi connectivity index (χ1) is 12.7. The minimum absolute atomic E-state index is 0.553. The van der Waals surface area contributed by atoms with Gasteiger partial charge in [0, 0.05) is 55.3 Å². The number of hydrogen-bond donors (Lipinski definition) is 1. The average molecular weight is 359 g/mol. The summed E-state index contributed by atoms with van der Waals surface area (Å²) in [6, 6.07) is 13.8. The summed E-state index contributed by atoms with van der Waals surface area (Å²) in [5, 5.41) is 9.03. The van der Waals surface area contributed by atoms with E-state index in [2.05, 4.69) is 32.0 Å². The van der Waals surface area contributed by atoms with Gasteiger partial charge in [-0.2, -0.15) is 5.26 Å². The highest BCUT2D eigenvalue weighted by molar-refractivity contribution is 7.71. The number of H-pyrrole nitrogens is 1. The fraction of sp³-hybridized carbons (Fsp3) is 0.200. The first-order valence-corrected chi connectivity index (χ1v) is 8.87. The maximum Gasteiger partial charge on any atom is 0.196 e. The molecule has 2 aromatic heterocycles. The third-order valence-electron chi connectivity index (χ3n) is 4.57. The van der Waals surface area contributed by atoms with E-state index in [4.69, 9.17) is 17.5 Å². The maximum absolute atomic E-state index is 9.03. The van der Waals surface area contributed by atoms with Gasteiger partial charge in [0.2, 0.25) is 0 Å². The third-order valence-corrected chi connectivity index (χ3v) is 4.78. The Morgan fingerprint density at radius 3 is 2.92 bits per heavy atom. The van der Waals surface area contributed by atoms with Crippen molar-refractivity contribution >= 4 is 12.2 Å². The number of pyridine rings is 1. The van der Waals surface area contributed by atoms with Gasteiger partial charge in [-0.25, -0.2) is 4.98 Å². The van der Waals surface area contributed by atoms with Gasteiger partial charge in [-0.15, -0.1) is 0 Å². The van der Waals surface area contributed by atoms with Crippen LogP contribution < -0.4 is 0 Å². The Hall–Kier alpha value is -2.88. The second kappa shape index (κ2) is 7.16. The highest BCUT2D eigenvalue weighted by atomic mass is 32.1. The zero-order valence-corrected chi connectivity index (χ0v) is 15.0. The summed E-state index contributed by atoms with van der Waals surface area (Å²) in [4.78, 5) is 14.3. The van der Waals surface area contributed by atoms with Gasteiger partial charge in [0.1, 0.15) is 0 Å². The molecule has 128 valence electrons. The van der Waals surface area contributed by atoms with E-state index in [-0.39, 0.29) is 0 Å². The van der Waals surface area contributed by atoms with E-state index in [0.29, 0.717) is 10.3 Å². The van der Waals surface area contributed by atoms with Crippen LogP contribution in [0.2, 0.25) is 0 Å². The summed E-state index contributed by atoms with van der Waals surface area (Å²) in [6.45, 7) is 2.69. The van der Waals surface area contributed by atoms with Gasteiger partial charge in [-0.1, -0.05) is 18.2 Å². The quantitative estimate of drug-likeness (QED) is 0.723. The van der Waals surface area contributed by atoms with E-state index in [0.717, 1.165) is 37.3 Å². The molecule has 0 aliphatic carbocycles. The number of nitrogens with one attached hydrogen (secondary N) is 1. The fourth-order valence-corrected chi connectivity index (χ4v) is 3.41. The molecule has 4 rings (SSSR count). The van der Waals surface area contributed by atoms with Crippen molar-refractivity contribution in [1.82, 2.24) is 19.9 Å². The molecule has 1 aliphatic rings. The Kier molecular flexibility index (Phi) is 4.57. The van der Waals surface area contributed by atoms with Crippen LogP contribution in [0, 0.1) is 16.1 Å². The molecule has 1 aliphatic heterocycles. The van der Waals surface area contributed by atoms with E-state index in [1.54, 1.807) is 6.07 Å². The Bertz CT molecular complexity index is 1030. The van der Waals surface area contributed by atoms with Crippen molar-refractivity contribution in [3.63, 3.8) is 0 Å². The van der Waals surface area contributed by atoms with Crippen LogP contribution in [-0.4, -0.2) is 26.4 Å². The lowest BCUT2D eigenvalue weighted by Gasteiger charge is -2.28. The van der Waals surface area contributed by atoms with E-state index in [1.807, 2.05) is 36.7 Å². The average Bonchev–Trinajstić information content (AvgIpc) is 2.69. The molecule has 6 heteroatoms. The minimum atomic E-state index is 0.553. The summed E-state index contributed by atoms with van der Waals surface area (Å²) >= 11 is 5.09. The topological polar surface area (TPSA) is 68.6 Å². The molecule has 3 heterocycles. The van der Waals surface area contributed by atoms with Crippen molar-refractivity contribution in [1.29, 1.82) is 5.26 Å². The summed E-state index contributed by atoms with van der Waals surface area (Å²) < 4.78 is 0.553. The lowest BCUT2D eigenvalue weighted by atomic mass is 10.1. The molecule has 0 amide bonds. The number of hydrogen-bond acceptors (Lipinski definition) is 5. The molecule has 0 saturated carbocycles. The molecule has 26 heavy (non-hydrogen) atoms. The van der Waals surface area contributed by atoms with Gasteiger partial charge >= 0.3 is 0 Å². The SMILES string of the molecule is N#Cc1cccc(-c2ccc(CN3CCc4[nH]c(=S)ncc4C3)cn2)c1. The van der Waals surface area contributed by atoms with Gasteiger partial charge in [0.15, 0.2) is 4.77 Å². The Morgan fingerprint density at radius 1 is 1.19 bits per heavy atom. The predicted molar refractivity (Wildman–Crippen MR) is 102 cm³/mol. The maximum atomic E-state index is 9.03. The summed E-state index contributed by atoms with van der Waals surface area (Å²) in [5.41, 5.74) is 6.07. The van der Waals surface area contributed by atoms with E-state index in [9.17, 15) is 0 Å². The van der Waals surface area contributed by atoms with Crippen LogP contribution in [0.1, 0.15) is 22.4 Å². The first kappa shape index (κ1) is 16.6. The summed E-state index contributed by atoms with van der Waals surface area (Å²) in [6.07, 6.45) is 4.75. The van der Waals surface area contributed by atoms with Gasteiger partial charge in [0.25, 0.3) is 0 Å². The molecular weight excluding hydrogens is 342 g/mol. The van der Waals surface area contributed by atoms with Crippen molar-refractivity contribution in [2.45, 2.75) is 19.5 Å². The molecule has 0 radical (unpaired) electrons. The normalized spacial score (nSPS) is 13.8. The smallest absolute Gasteiger partial charge is 0.196 e. The van der Waals surface area contributed by atoms with Crippen molar-refractivity contribution in [2.24, 2.45) is 0 Å². The van der Waals surface area contributed by atoms with Gasteiger partial charge in [-0.3, -0.25) is 9.88 Å². The molecule has 1 aromatic carbocycles. The molecule has 5 nitrogen and oxygen atoms in total. The van der Waals surface area contributed by atoms with Crippen LogP contribution in [-0.2, 0) is 19.5 Å². The molecule has 0 fully saturated rings. The van der Waals surface area contributed by atoms with Crippen molar-refractivity contribution < 1.29 is 0 Å². The summed E-state index contributed by atoms with van der Waals surface area (Å²) in [7, 11) is 0. The standard InChI is InChI=1S/C20H17N5S/c21-9-14-2-1-3-16(8-14)18-5-4-15(10-22-18)12-25-7-6-19-17(13-25)11-23-20(26)24-19/h1-5,8,10-11H,6-7,12-13H2,(H,23,24,26). The molecule has 3 aromatic rings. The molecule has 0 atom stereocenters. The lowest BCUT2D eigenvalue weighted by molar-refractivity contribution is 0.242. The first-order valence-electron chi connectivity index (χ1n) is 8.46. The number of benzene rings is 1. The number of fused-ring (bicyclic) bond motifs is 1. The van der Waals surface area contributed by atoms with Crippen LogP contribution >= 0.6 is 12.2 Å². The van der Waals surface area contributed by atoms with Crippen molar-refractivity contribution in [2.75, 3.05) is 6.54 Å². The number of nitriles is 1. The van der Waals surface area contributed by atoms with Crippen LogP contribution in [0.25, 0.3) is 11.3 Å². The van der Waals surface area contributed by atoms with Gasteiger partial charge in [0.05, 0.1) is 17.3 Å². The van der Waals surface area contributed by atoms with E-state index in [1.165, 1.54) is 16.8 Å². The van der Waals surface area contributed by atoms with Crippen molar-refractivity contribution in [3.05, 3.63) is 75.9 Å². The lowest BCUT2D eigenvalue weighted by Crippen LogP contribution is -2.30. The Morgan fingerprint density at radius 2 is 2.12 bits per heavy atom. The third kappa shape index (κ3) is 3.54. The van der Waals surface area contributed by atoms with Crippen LogP contribution in [0.3, 0.4) is 0 Å². The Labute approximate surface area is 157 Å².